The lowest BCUT2D eigenvalue weighted by molar-refractivity contribution is -0.361. The molecule has 4 fully saturated rings. The third kappa shape index (κ3) is 9.02. The predicted octanol–water partition coefficient (Wildman–Crippen LogP) is -9.34. The highest BCUT2D eigenvalue weighted by Gasteiger charge is 2.52. The summed E-state index contributed by atoms with van der Waals surface area (Å²) in [5, 5.41) is 141. The molecule has 0 unspecified atom stereocenters. The van der Waals surface area contributed by atoms with Gasteiger partial charge >= 0.3 is 0 Å². The van der Waals surface area contributed by atoms with Gasteiger partial charge in [0.15, 0.2) is 25.2 Å². The molecule has 288 valence electrons. The monoisotopic (exact) mass is 724 g/mol. The highest BCUT2D eigenvalue weighted by atomic mass is 16.8. The Bertz CT molecular complexity index is 901. The van der Waals surface area contributed by atoms with Gasteiger partial charge in [-0.25, -0.2) is 0 Å². The molecule has 4 aliphatic heterocycles. The molecule has 0 amide bonds. The van der Waals surface area contributed by atoms with Crippen LogP contribution < -0.4 is 0 Å². The van der Waals surface area contributed by atoms with Gasteiger partial charge in [0.2, 0.25) is 0 Å². The molecule has 0 aromatic rings. The molecule has 4 heterocycles. The van der Waals surface area contributed by atoms with Crippen LogP contribution in [-0.4, -0.2) is 234 Å². The van der Waals surface area contributed by atoms with Gasteiger partial charge in [0.05, 0.1) is 39.6 Å². The molecule has 22 nitrogen and oxygen atoms in total. The smallest absolute Gasteiger partial charge is 0.187 e. The number of aliphatic hydroxyl groups excluding tert-OH is 14. The highest BCUT2D eigenvalue weighted by Crippen LogP contribution is 2.31. The zero-order valence-corrected chi connectivity index (χ0v) is 26.0. The first kappa shape index (κ1) is 40.9. The molecule has 0 bridgehead atoms. The lowest BCUT2D eigenvalue weighted by Crippen LogP contribution is -2.64. The van der Waals surface area contributed by atoms with Crippen LogP contribution in [-0.2, 0) is 37.9 Å². The minimum atomic E-state index is -1.82. The van der Waals surface area contributed by atoms with E-state index in [1.165, 1.54) is 0 Å². The van der Waals surface area contributed by atoms with Crippen molar-refractivity contribution in [2.75, 3.05) is 39.6 Å². The number of ether oxygens (including phenoxy) is 8. The lowest BCUT2D eigenvalue weighted by atomic mass is 9.97. The molecule has 4 rings (SSSR count). The first-order chi connectivity index (χ1) is 23.3. The van der Waals surface area contributed by atoms with E-state index in [1.807, 2.05) is 0 Å². The van der Waals surface area contributed by atoms with Crippen molar-refractivity contribution in [2.24, 2.45) is 0 Å². The molecule has 0 aromatic heterocycles. The fourth-order valence-corrected chi connectivity index (χ4v) is 5.84. The Morgan fingerprint density at radius 3 is 0.980 bits per heavy atom. The van der Waals surface area contributed by atoms with E-state index in [0.717, 1.165) is 0 Å². The molecule has 4 saturated heterocycles. The third-order valence-electron chi connectivity index (χ3n) is 8.77. The van der Waals surface area contributed by atoms with E-state index in [-0.39, 0.29) is 19.6 Å². The Morgan fingerprint density at radius 2 is 0.653 bits per heavy atom. The number of hydrogen-bond donors (Lipinski definition) is 14. The van der Waals surface area contributed by atoms with Gasteiger partial charge in [-0.3, -0.25) is 0 Å². The van der Waals surface area contributed by atoms with E-state index in [9.17, 15) is 71.5 Å². The summed E-state index contributed by atoms with van der Waals surface area (Å²) < 4.78 is 43.5. The van der Waals surface area contributed by atoms with Gasteiger partial charge in [0.1, 0.15) is 97.7 Å². The van der Waals surface area contributed by atoms with E-state index in [2.05, 4.69) is 0 Å². The Hall–Kier alpha value is -0.880. The summed E-state index contributed by atoms with van der Waals surface area (Å²) in [6, 6.07) is 0. The second kappa shape index (κ2) is 18.2. The molecule has 4 aliphatic rings. The van der Waals surface area contributed by atoms with Crippen molar-refractivity contribution in [3.8, 4) is 0 Å². The first-order valence-electron chi connectivity index (χ1n) is 15.7. The number of hydrogen-bond acceptors (Lipinski definition) is 22. The fraction of sp³-hybridized carbons (Fsp3) is 1.00. The molecule has 22 heteroatoms. The van der Waals surface area contributed by atoms with Crippen molar-refractivity contribution in [2.45, 2.75) is 129 Å². The molecule has 0 aliphatic carbocycles. The van der Waals surface area contributed by atoms with Gasteiger partial charge in [0, 0.05) is 0 Å². The second-order valence-electron chi connectivity index (χ2n) is 12.1. The molecule has 0 saturated carbocycles. The first-order valence-corrected chi connectivity index (χ1v) is 15.7. The molecule has 0 spiro atoms. The van der Waals surface area contributed by atoms with Crippen molar-refractivity contribution in [3.63, 3.8) is 0 Å². The van der Waals surface area contributed by atoms with Crippen LogP contribution in [0.15, 0.2) is 0 Å². The van der Waals surface area contributed by atoms with Crippen LogP contribution in [0.3, 0.4) is 0 Å². The standard InChI is InChI=1S/C27H48O22/c28-4-8-12(32)14(34)18(38)26(44-8)48-22-10(6-30)46-24(20(40)16(22)36)42-2-1-3-43-25-21(41)17(37)23(11(7-31)47-25)49-27-19(39)15(35)13(33)9(5-29)45-27/h8-41H,1-7H2/t8-,9-,10-,11-,12-,13-,14+,15+,16-,17-,18-,19-,20-,21-,22-,23-,24+,25+,26-,27-/m1/s1. The quantitative estimate of drug-likeness (QED) is 0.0739. The van der Waals surface area contributed by atoms with Crippen molar-refractivity contribution in [1.82, 2.24) is 0 Å². The van der Waals surface area contributed by atoms with Crippen LogP contribution >= 0.6 is 0 Å². The summed E-state index contributed by atoms with van der Waals surface area (Å²) >= 11 is 0. The topological polar surface area (TPSA) is 357 Å². The lowest BCUT2D eigenvalue weighted by Gasteiger charge is -2.46. The van der Waals surface area contributed by atoms with Crippen molar-refractivity contribution in [3.05, 3.63) is 0 Å². The second-order valence-corrected chi connectivity index (χ2v) is 12.1. The van der Waals surface area contributed by atoms with E-state index in [1.54, 1.807) is 0 Å². The summed E-state index contributed by atoms with van der Waals surface area (Å²) in [5.41, 5.74) is 0. The van der Waals surface area contributed by atoms with Gasteiger partial charge in [-0.1, -0.05) is 0 Å². The number of aliphatic hydroxyl groups is 14. The Labute approximate surface area is 278 Å². The van der Waals surface area contributed by atoms with Gasteiger partial charge in [0.25, 0.3) is 0 Å². The van der Waals surface area contributed by atoms with Gasteiger partial charge < -0.3 is 109 Å². The van der Waals surface area contributed by atoms with E-state index in [4.69, 9.17) is 37.9 Å². The van der Waals surface area contributed by atoms with Crippen LogP contribution in [0.5, 0.6) is 0 Å². The minimum Gasteiger partial charge on any atom is -0.394 e. The maximum absolute atomic E-state index is 10.7. The van der Waals surface area contributed by atoms with Crippen LogP contribution in [0, 0.1) is 0 Å². The minimum absolute atomic E-state index is 0.0501. The maximum atomic E-state index is 10.7. The SMILES string of the molecule is OC[C@H]1O[C@H](O[C@H]2[C@H](O)[C@@H](O)[C@@H](OCCCO[C@H]3O[C@H](CO)[C@@H](O[C@H]4O[C@H](CO)[C@@H](O)[C@H](O)[C@H]4O)[C@H](O)[C@H]3O)O[C@@H]2CO)[C@H](O)[C@@H](O)[C@@H]1O. The van der Waals surface area contributed by atoms with E-state index < -0.39 is 149 Å². The summed E-state index contributed by atoms with van der Waals surface area (Å²) in [6.45, 7) is -3.39. The van der Waals surface area contributed by atoms with Crippen molar-refractivity contribution >= 4 is 0 Å². The van der Waals surface area contributed by atoms with E-state index in [0.29, 0.717) is 0 Å². The van der Waals surface area contributed by atoms with E-state index >= 15 is 0 Å². The van der Waals surface area contributed by atoms with Crippen LogP contribution in [0.25, 0.3) is 0 Å². The Balaban J connectivity index is 1.24. The molecule has 14 N–H and O–H groups in total. The third-order valence-corrected chi connectivity index (χ3v) is 8.77. The Kier molecular flexibility index (Phi) is 15.2. The number of rotatable bonds is 14. The normalized spacial score (nSPS) is 49.6. The predicted molar refractivity (Wildman–Crippen MR) is 149 cm³/mol. The molecule has 0 aromatic carbocycles. The molecular formula is C27H48O22. The summed E-state index contributed by atoms with van der Waals surface area (Å²) in [7, 11) is 0. The van der Waals surface area contributed by atoms with Gasteiger partial charge in [-0.2, -0.15) is 0 Å². The van der Waals surface area contributed by atoms with Crippen LogP contribution in [0.2, 0.25) is 0 Å². The highest BCUT2D eigenvalue weighted by molar-refractivity contribution is 4.95. The summed E-state index contributed by atoms with van der Waals surface area (Å²) in [5.74, 6) is 0. The molecular weight excluding hydrogens is 676 g/mol. The van der Waals surface area contributed by atoms with Gasteiger partial charge in [-0.05, 0) is 6.42 Å². The maximum Gasteiger partial charge on any atom is 0.187 e. The van der Waals surface area contributed by atoms with Crippen molar-refractivity contribution in [1.29, 1.82) is 0 Å². The zero-order valence-electron chi connectivity index (χ0n) is 26.0. The Morgan fingerprint density at radius 1 is 0.347 bits per heavy atom. The zero-order chi connectivity index (χ0) is 36.2. The average Bonchev–Trinajstić information content (AvgIpc) is 3.10. The van der Waals surface area contributed by atoms with Crippen LogP contribution in [0.1, 0.15) is 6.42 Å². The molecule has 20 atom stereocenters. The van der Waals surface area contributed by atoms with Crippen molar-refractivity contribution < 1.29 is 109 Å². The average molecular weight is 725 g/mol. The summed E-state index contributed by atoms with van der Waals surface area (Å²) in [4.78, 5) is 0. The fourth-order valence-electron chi connectivity index (χ4n) is 5.84. The van der Waals surface area contributed by atoms with Crippen LogP contribution in [0.4, 0.5) is 0 Å². The van der Waals surface area contributed by atoms with Gasteiger partial charge in [-0.15, -0.1) is 0 Å². The molecule has 49 heavy (non-hydrogen) atoms. The summed E-state index contributed by atoms with van der Waals surface area (Å²) in [6.07, 6.45) is -32.3. The largest absolute Gasteiger partial charge is 0.394 e. The molecule has 0 radical (unpaired) electrons.